The van der Waals surface area contributed by atoms with Crippen LogP contribution >= 0.6 is 0 Å². The van der Waals surface area contributed by atoms with E-state index < -0.39 is 18.2 Å². The van der Waals surface area contributed by atoms with Crippen molar-refractivity contribution in [1.82, 2.24) is 10.2 Å². The third kappa shape index (κ3) is 3.65. The van der Waals surface area contributed by atoms with Gasteiger partial charge in [-0.3, -0.25) is 4.90 Å². The van der Waals surface area contributed by atoms with Crippen molar-refractivity contribution >= 4 is 6.09 Å². The SMILES string of the molecule is CC[C@@]1(Cc2ccc(OC(F)F)cc2)CNCCN1C(=O)O. The summed E-state index contributed by atoms with van der Waals surface area (Å²) in [6, 6.07) is 6.35. The molecule has 2 rings (SSSR count). The number of carboxylic acid groups (broad SMARTS) is 1. The first-order valence-corrected chi connectivity index (χ1v) is 7.22. The van der Waals surface area contributed by atoms with Crippen LogP contribution in [0.25, 0.3) is 0 Å². The maximum absolute atomic E-state index is 12.1. The summed E-state index contributed by atoms with van der Waals surface area (Å²) in [4.78, 5) is 13.0. The second-order valence-corrected chi connectivity index (χ2v) is 5.39. The van der Waals surface area contributed by atoms with Gasteiger partial charge in [-0.25, -0.2) is 4.79 Å². The smallest absolute Gasteiger partial charge is 0.407 e. The van der Waals surface area contributed by atoms with Crippen molar-refractivity contribution in [3.63, 3.8) is 0 Å². The Kier molecular flexibility index (Phi) is 5.18. The number of ether oxygens (including phenoxy) is 1. The predicted octanol–water partition coefficient (Wildman–Crippen LogP) is 2.56. The Morgan fingerprint density at radius 1 is 1.45 bits per heavy atom. The molecule has 0 bridgehead atoms. The van der Waals surface area contributed by atoms with Gasteiger partial charge in [-0.2, -0.15) is 8.78 Å². The zero-order valence-electron chi connectivity index (χ0n) is 12.4. The van der Waals surface area contributed by atoms with E-state index in [1.54, 1.807) is 12.1 Å². The van der Waals surface area contributed by atoms with Crippen LogP contribution in [0.5, 0.6) is 5.75 Å². The molecule has 5 nitrogen and oxygen atoms in total. The van der Waals surface area contributed by atoms with Crippen LogP contribution in [-0.2, 0) is 6.42 Å². The molecule has 0 saturated carbocycles. The molecule has 2 N–H and O–H groups in total. The molecule has 7 heteroatoms. The Morgan fingerprint density at radius 2 is 2.14 bits per heavy atom. The zero-order valence-corrected chi connectivity index (χ0v) is 12.4. The molecule has 0 unspecified atom stereocenters. The van der Waals surface area contributed by atoms with Crippen LogP contribution in [0.1, 0.15) is 18.9 Å². The lowest BCUT2D eigenvalue weighted by Gasteiger charge is -2.46. The molecule has 1 aliphatic rings. The third-order valence-corrected chi connectivity index (χ3v) is 4.11. The quantitative estimate of drug-likeness (QED) is 0.877. The Hall–Kier alpha value is -1.89. The predicted molar refractivity (Wildman–Crippen MR) is 77.4 cm³/mol. The second kappa shape index (κ2) is 6.91. The van der Waals surface area contributed by atoms with E-state index in [0.29, 0.717) is 32.5 Å². The van der Waals surface area contributed by atoms with Gasteiger partial charge < -0.3 is 15.2 Å². The second-order valence-electron chi connectivity index (χ2n) is 5.39. The van der Waals surface area contributed by atoms with Crippen molar-refractivity contribution in [1.29, 1.82) is 0 Å². The normalized spacial score (nSPS) is 21.9. The Balaban J connectivity index is 2.16. The lowest BCUT2D eigenvalue weighted by Crippen LogP contribution is -2.63. The van der Waals surface area contributed by atoms with Crippen LogP contribution in [0.3, 0.4) is 0 Å². The number of hydrogen-bond donors (Lipinski definition) is 2. The highest BCUT2D eigenvalue weighted by atomic mass is 19.3. The molecule has 1 atom stereocenters. The fourth-order valence-electron chi connectivity index (χ4n) is 2.91. The summed E-state index contributed by atoms with van der Waals surface area (Å²) < 4.78 is 28.6. The zero-order chi connectivity index (χ0) is 16.2. The molecule has 0 aromatic heterocycles. The highest BCUT2D eigenvalue weighted by Crippen LogP contribution is 2.27. The molecule has 22 heavy (non-hydrogen) atoms. The van der Waals surface area contributed by atoms with Gasteiger partial charge in [0.2, 0.25) is 0 Å². The molecule has 0 aliphatic carbocycles. The molecular weight excluding hydrogens is 294 g/mol. The number of benzene rings is 1. The van der Waals surface area contributed by atoms with E-state index in [1.807, 2.05) is 6.92 Å². The van der Waals surface area contributed by atoms with Crippen molar-refractivity contribution in [2.24, 2.45) is 0 Å². The summed E-state index contributed by atoms with van der Waals surface area (Å²) in [5.41, 5.74) is 0.369. The number of rotatable bonds is 5. The summed E-state index contributed by atoms with van der Waals surface area (Å²) in [7, 11) is 0. The van der Waals surface area contributed by atoms with Gasteiger partial charge in [0.05, 0.1) is 5.54 Å². The largest absolute Gasteiger partial charge is 0.465 e. The van der Waals surface area contributed by atoms with Crippen molar-refractivity contribution in [3.05, 3.63) is 29.8 Å². The molecule has 1 fully saturated rings. The minimum atomic E-state index is -2.85. The van der Waals surface area contributed by atoms with Crippen molar-refractivity contribution in [2.45, 2.75) is 31.9 Å². The monoisotopic (exact) mass is 314 g/mol. The molecule has 1 saturated heterocycles. The number of halogens is 2. The first kappa shape index (κ1) is 16.5. The van der Waals surface area contributed by atoms with Crippen LogP contribution in [0, 0.1) is 0 Å². The molecule has 1 heterocycles. The molecule has 0 spiro atoms. The van der Waals surface area contributed by atoms with Crippen LogP contribution in [0.15, 0.2) is 24.3 Å². The average Bonchev–Trinajstić information content (AvgIpc) is 2.49. The van der Waals surface area contributed by atoms with E-state index >= 15 is 0 Å². The number of hydrogen-bond acceptors (Lipinski definition) is 3. The molecule has 0 radical (unpaired) electrons. The number of amides is 1. The van der Waals surface area contributed by atoms with Gasteiger partial charge in [0.15, 0.2) is 0 Å². The van der Waals surface area contributed by atoms with Crippen molar-refractivity contribution < 1.29 is 23.4 Å². The topological polar surface area (TPSA) is 61.8 Å². The first-order valence-electron chi connectivity index (χ1n) is 7.22. The van der Waals surface area contributed by atoms with Crippen LogP contribution in [0.2, 0.25) is 0 Å². The van der Waals surface area contributed by atoms with E-state index in [0.717, 1.165) is 5.56 Å². The van der Waals surface area contributed by atoms with E-state index in [9.17, 15) is 18.7 Å². The maximum atomic E-state index is 12.1. The van der Waals surface area contributed by atoms with Crippen LogP contribution in [0.4, 0.5) is 13.6 Å². The Morgan fingerprint density at radius 3 is 2.68 bits per heavy atom. The fourth-order valence-corrected chi connectivity index (χ4v) is 2.91. The number of piperazine rings is 1. The van der Waals surface area contributed by atoms with Gasteiger partial charge in [-0.05, 0) is 30.5 Å². The average molecular weight is 314 g/mol. The third-order valence-electron chi connectivity index (χ3n) is 4.11. The highest BCUT2D eigenvalue weighted by Gasteiger charge is 2.40. The summed E-state index contributed by atoms with van der Waals surface area (Å²) in [6.45, 7) is 0.755. The summed E-state index contributed by atoms with van der Waals surface area (Å²) >= 11 is 0. The highest BCUT2D eigenvalue weighted by molar-refractivity contribution is 5.66. The van der Waals surface area contributed by atoms with Crippen molar-refractivity contribution in [2.75, 3.05) is 19.6 Å². The van der Waals surface area contributed by atoms with Crippen molar-refractivity contribution in [3.8, 4) is 5.75 Å². The van der Waals surface area contributed by atoms with Gasteiger partial charge in [0.1, 0.15) is 5.75 Å². The molecule has 1 amide bonds. The molecular formula is C15H20F2N2O3. The minimum Gasteiger partial charge on any atom is -0.465 e. The van der Waals surface area contributed by atoms with Gasteiger partial charge in [-0.15, -0.1) is 0 Å². The maximum Gasteiger partial charge on any atom is 0.407 e. The Labute approximate surface area is 127 Å². The lowest BCUT2D eigenvalue weighted by atomic mass is 9.85. The van der Waals surface area contributed by atoms with Crippen LogP contribution in [-0.4, -0.2) is 47.9 Å². The van der Waals surface area contributed by atoms with Gasteiger partial charge in [0, 0.05) is 19.6 Å². The number of nitrogens with one attached hydrogen (secondary N) is 1. The van der Waals surface area contributed by atoms with E-state index in [2.05, 4.69) is 10.1 Å². The van der Waals surface area contributed by atoms with Gasteiger partial charge in [-0.1, -0.05) is 19.1 Å². The first-order chi connectivity index (χ1) is 10.5. The summed E-state index contributed by atoms with van der Waals surface area (Å²) in [5.74, 6) is 0.0983. The summed E-state index contributed by atoms with van der Waals surface area (Å²) in [6.07, 6.45) is 0.264. The van der Waals surface area contributed by atoms with Crippen LogP contribution < -0.4 is 10.1 Å². The van der Waals surface area contributed by atoms with Gasteiger partial charge in [0.25, 0.3) is 0 Å². The molecule has 1 aromatic carbocycles. The van der Waals surface area contributed by atoms with E-state index in [1.165, 1.54) is 17.0 Å². The lowest BCUT2D eigenvalue weighted by molar-refractivity contribution is -0.0498. The fraction of sp³-hybridized carbons (Fsp3) is 0.533. The molecule has 1 aromatic rings. The Bertz CT molecular complexity index is 510. The standard InChI is InChI=1S/C15H20F2N2O3/c1-2-15(10-18-7-8-19(15)14(20)21)9-11-3-5-12(6-4-11)22-13(16)17/h3-6,13,18H,2,7-10H2,1H3,(H,20,21)/t15-/m1/s1. The number of alkyl halides is 2. The molecule has 122 valence electrons. The van der Waals surface area contributed by atoms with Gasteiger partial charge >= 0.3 is 12.7 Å². The minimum absolute atomic E-state index is 0.0983. The number of nitrogens with zero attached hydrogens (tertiary/aromatic N) is 1. The molecule has 1 aliphatic heterocycles. The summed E-state index contributed by atoms with van der Waals surface area (Å²) in [5, 5.41) is 12.7. The van der Waals surface area contributed by atoms with E-state index in [-0.39, 0.29) is 5.75 Å². The van der Waals surface area contributed by atoms with E-state index in [4.69, 9.17) is 0 Å². The number of carbonyl (C=O) groups is 1.